The number of benzene rings is 2. The number of fused-ring (bicyclic) bond motifs is 1. The van der Waals surface area contributed by atoms with Crippen molar-refractivity contribution in [1.82, 2.24) is 10.2 Å². The lowest BCUT2D eigenvalue weighted by Crippen LogP contribution is -2.10. The molecule has 132 valence electrons. The third-order valence-corrected chi connectivity index (χ3v) is 4.01. The van der Waals surface area contributed by atoms with Crippen LogP contribution in [0.1, 0.15) is 5.56 Å². The van der Waals surface area contributed by atoms with E-state index in [2.05, 4.69) is 15.5 Å². The van der Waals surface area contributed by atoms with Gasteiger partial charge in [-0.1, -0.05) is 35.9 Å². The molecule has 0 aliphatic heterocycles. The van der Waals surface area contributed by atoms with E-state index in [4.69, 9.17) is 21.1 Å². The molecule has 2 aromatic carbocycles. The van der Waals surface area contributed by atoms with Gasteiger partial charge in [-0.15, -0.1) is 10.2 Å². The van der Waals surface area contributed by atoms with Crippen molar-refractivity contribution in [2.75, 3.05) is 19.5 Å². The smallest absolute Gasteiger partial charge is 0.249 e. The van der Waals surface area contributed by atoms with Gasteiger partial charge >= 0.3 is 0 Å². The number of nitrogens with zero attached hydrogens (tertiary/aromatic N) is 2. The van der Waals surface area contributed by atoms with Crippen LogP contribution in [0.25, 0.3) is 16.8 Å². The molecule has 1 amide bonds. The van der Waals surface area contributed by atoms with Crippen molar-refractivity contribution in [2.45, 2.75) is 0 Å². The van der Waals surface area contributed by atoms with Crippen LogP contribution in [0.4, 0.5) is 5.82 Å². The zero-order valence-corrected chi connectivity index (χ0v) is 14.9. The van der Waals surface area contributed by atoms with Crippen LogP contribution in [0.15, 0.2) is 48.5 Å². The highest BCUT2D eigenvalue weighted by molar-refractivity contribution is 6.34. The summed E-state index contributed by atoms with van der Waals surface area (Å²) >= 11 is 6.04. The second-order valence-corrected chi connectivity index (χ2v) is 5.67. The fourth-order valence-electron chi connectivity index (χ4n) is 2.46. The highest BCUT2D eigenvalue weighted by Gasteiger charge is 2.09. The monoisotopic (exact) mass is 369 g/mol. The summed E-state index contributed by atoms with van der Waals surface area (Å²) in [6.07, 6.45) is 3.03. The predicted octanol–water partition coefficient (Wildman–Crippen LogP) is 3.95. The second kappa shape index (κ2) is 7.84. The molecule has 0 atom stereocenters. The Morgan fingerprint density at radius 3 is 2.58 bits per heavy atom. The lowest BCUT2D eigenvalue weighted by molar-refractivity contribution is -0.111. The SMILES string of the molecule is COc1ccc(OC)c(C=CC(=O)Nc2nnc(Cl)c3ccccc23)c1. The third-order valence-electron chi connectivity index (χ3n) is 3.73. The van der Waals surface area contributed by atoms with E-state index in [1.54, 1.807) is 38.5 Å². The normalized spacial score (nSPS) is 10.9. The molecule has 1 aromatic heterocycles. The molecule has 0 bridgehead atoms. The van der Waals surface area contributed by atoms with Gasteiger partial charge in [0.2, 0.25) is 5.91 Å². The number of amides is 1. The van der Waals surface area contributed by atoms with Gasteiger partial charge < -0.3 is 14.8 Å². The number of carbonyl (C=O) groups excluding carboxylic acids is 1. The van der Waals surface area contributed by atoms with Crippen molar-refractivity contribution >= 4 is 40.2 Å². The number of ether oxygens (including phenoxy) is 2. The van der Waals surface area contributed by atoms with Crippen LogP contribution in [0, 0.1) is 0 Å². The molecule has 3 rings (SSSR count). The highest BCUT2D eigenvalue weighted by Crippen LogP contribution is 2.26. The Labute approximate surface area is 155 Å². The van der Waals surface area contributed by atoms with Gasteiger partial charge in [-0.3, -0.25) is 4.79 Å². The Hall–Kier alpha value is -3.12. The first kappa shape index (κ1) is 17.7. The number of carbonyl (C=O) groups is 1. The van der Waals surface area contributed by atoms with Gasteiger partial charge in [0.15, 0.2) is 11.0 Å². The van der Waals surface area contributed by atoms with Crippen molar-refractivity contribution in [2.24, 2.45) is 0 Å². The third kappa shape index (κ3) is 3.75. The maximum absolute atomic E-state index is 12.3. The van der Waals surface area contributed by atoms with E-state index in [1.165, 1.54) is 6.08 Å². The number of nitrogens with one attached hydrogen (secondary N) is 1. The van der Waals surface area contributed by atoms with Gasteiger partial charge in [0.25, 0.3) is 0 Å². The summed E-state index contributed by atoms with van der Waals surface area (Å²) in [6, 6.07) is 12.7. The lowest BCUT2D eigenvalue weighted by Gasteiger charge is -2.08. The molecule has 0 saturated carbocycles. The van der Waals surface area contributed by atoms with Crippen molar-refractivity contribution in [3.05, 3.63) is 59.3 Å². The van der Waals surface area contributed by atoms with E-state index >= 15 is 0 Å². The van der Waals surface area contributed by atoms with E-state index in [9.17, 15) is 4.79 Å². The van der Waals surface area contributed by atoms with E-state index in [-0.39, 0.29) is 11.1 Å². The van der Waals surface area contributed by atoms with Gasteiger partial charge in [0.1, 0.15) is 11.5 Å². The average Bonchev–Trinajstić information content (AvgIpc) is 2.68. The molecular formula is C19H16ClN3O3. The fraction of sp³-hybridized carbons (Fsp3) is 0.105. The molecular weight excluding hydrogens is 354 g/mol. The van der Waals surface area contributed by atoms with E-state index in [1.807, 2.05) is 24.3 Å². The molecule has 0 aliphatic rings. The average molecular weight is 370 g/mol. The minimum Gasteiger partial charge on any atom is -0.497 e. The molecule has 1 N–H and O–H groups in total. The van der Waals surface area contributed by atoms with Crippen LogP contribution < -0.4 is 14.8 Å². The van der Waals surface area contributed by atoms with Gasteiger partial charge in [0, 0.05) is 22.4 Å². The molecule has 3 aromatic rings. The molecule has 1 heterocycles. The maximum Gasteiger partial charge on any atom is 0.249 e. The number of anilines is 1. The molecule has 0 unspecified atom stereocenters. The van der Waals surface area contributed by atoms with E-state index in [0.29, 0.717) is 28.3 Å². The zero-order chi connectivity index (χ0) is 18.5. The van der Waals surface area contributed by atoms with Crippen molar-refractivity contribution in [3.63, 3.8) is 0 Å². The second-order valence-electron chi connectivity index (χ2n) is 5.32. The number of rotatable bonds is 5. The summed E-state index contributed by atoms with van der Waals surface area (Å²) in [5.74, 6) is 1.29. The van der Waals surface area contributed by atoms with E-state index in [0.717, 1.165) is 5.39 Å². The highest BCUT2D eigenvalue weighted by atomic mass is 35.5. The van der Waals surface area contributed by atoms with Crippen LogP contribution in [-0.2, 0) is 4.79 Å². The Morgan fingerprint density at radius 2 is 1.85 bits per heavy atom. The van der Waals surface area contributed by atoms with Gasteiger partial charge in [-0.05, 0) is 24.3 Å². The van der Waals surface area contributed by atoms with Crippen LogP contribution in [0.2, 0.25) is 5.15 Å². The molecule has 0 fully saturated rings. The van der Waals surface area contributed by atoms with Crippen molar-refractivity contribution < 1.29 is 14.3 Å². The summed E-state index contributed by atoms with van der Waals surface area (Å²) in [7, 11) is 3.14. The molecule has 0 aliphatic carbocycles. The molecule has 0 saturated heterocycles. The predicted molar refractivity (Wildman–Crippen MR) is 102 cm³/mol. The summed E-state index contributed by atoms with van der Waals surface area (Å²) in [5, 5.41) is 12.3. The quantitative estimate of drug-likeness (QED) is 0.689. The molecule has 26 heavy (non-hydrogen) atoms. The summed E-state index contributed by atoms with van der Waals surface area (Å²) in [6.45, 7) is 0. The Kier molecular flexibility index (Phi) is 5.34. The number of halogens is 1. The minimum absolute atomic E-state index is 0.287. The number of hydrogen-bond acceptors (Lipinski definition) is 5. The van der Waals surface area contributed by atoms with Gasteiger partial charge in [-0.25, -0.2) is 0 Å². The number of hydrogen-bond donors (Lipinski definition) is 1. The Bertz CT molecular complexity index is 989. The Balaban J connectivity index is 1.84. The first-order valence-corrected chi connectivity index (χ1v) is 8.12. The lowest BCUT2D eigenvalue weighted by atomic mass is 10.1. The van der Waals surface area contributed by atoms with Gasteiger partial charge in [0.05, 0.1) is 14.2 Å². The van der Waals surface area contributed by atoms with Gasteiger partial charge in [-0.2, -0.15) is 0 Å². The molecule has 6 nitrogen and oxygen atoms in total. The summed E-state index contributed by atoms with van der Waals surface area (Å²) < 4.78 is 10.5. The van der Waals surface area contributed by atoms with Crippen LogP contribution >= 0.6 is 11.6 Å². The van der Waals surface area contributed by atoms with Crippen LogP contribution in [0.5, 0.6) is 11.5 Å². The maximum atomic E-state index is 12.3. The van der Waals surface area contributed by atoms with Crippen molar-refractivity contribution in [1.29, 1.82) is 0 Å². The fourth-order valence-corrected chi connectivity index (χ4v) is 2.66. The molecule has 0 spiro atoms. The molecule has 7 heteroatoms. The number of methoxy groups -OCH3 is 2. The first-order chi connectivity index (χ1) is 12.6. The summed E-state index contributed by atoms with van der Waals surface area (Å²) in [5.41, 5.74) is 0.717. The molecule has 0 radical (unpaired) electrons. The largest absolute Gasteiger partial charge is 0.497 e. The van der Waals surface area contributed by atoms with Crippen LogP contribution in [-0.4, -0.2) is 30.3 Å². The summed E-state index contributed by atoms with van der Waals surface area (Å²) in [4.78, 5) is 12.3. The van der Waals surface area contributed by atoms with E-state index < -0.39 is 0 Å². The van der Waals surface area contributed by atoms with Crippen LogP contribution in [0.3, 0.4) is 0 Å². The van der Waals surface area contributed by atoms with Crippen molar-refractivity contribution in [3.8, 4) is 11.5 Å². The Morgan fingerprint density at radius 1 is 1.08 bits per heavy atom. The standard InChI is InChI=1S/C19H16ClN3O3/c1-25-13-8-9-16(26-2)12(11-13)7-10-17(24)21-19-15-6-4-3-5-14(15)18(20)22-23-19/h3-11H,1-2H3,(H,21,23,24). The minimum atomic E-state index is -0.350. The topological polar surface area (TPSA) is 73.3 Å². The zero-order valence-electron chi connectivity index (χ0n) is 14.2. The number of aromatic nitrogens is 2. The first-order valence-electron chi connectivity index (χ1n) is 7.74.